The van der Waals surface area contributed by atoms with Crippen LogP contribution in [0.2, 0.25) is 0 Å². The van der Waals surface area contributed by atoms with Gasteiger partial charge in [-0.2, -0.15) is 0 Å². The minimum absolute atomic E-state index is 0.139. The van der Waals surface area contributed by atoms with Crippen molar-refractivity contribution in [2.75, 3.05) is 19.8 Å². The van der Waals surface area contributed by atoms with E-state index in [2.05, 4.69) is 34.3 Å². The summed E-state index contributed by atoms with van der Waals surface area (Å²) < 4.78 is 0. The van der Waals surface area contributed by atoms with Crippen LogP contribution in [0.3, 0.4) is 0 Å². The molecule has 0 bridgehead atoms. The maximum absolute atomic E-state index is 12.6. The molecule has 1 saturated carbocycles. The highest BCUT2D eigenvalue weighted by molar-refractivity contribution is 5.97. The second-order valence-electron chi connectivity index (χ2n) is 7.64. The number of amides is 2. The van der Waals surface area contributed by atoms with Crippen LogP contribution < -0.4 is 16.1 Å². The predicted octanol–water partition coefficient (Wildman–Crippen LogP) is -0.366. The molecule has 2 unspecified atom stereocenters. The van der Waals surface area contributed by atoms with E-state index in [-0.39, 0.29) is 31.6 Å². The second kappa shape index (κ2) is 10.8. The van der Waals surface area contributed by atoms with Crippen molar-refractivity contribution < 1.29 is 25.0 Å². The molecule has 1 aliphatic rings. The Bertz CT molecular complexity index is 874. The van der Waals surface area contributed by atoms with Gasteiger partial charge in [-0.3, -0.25) is 14.8 Å². The third-order valence-electron chi connectivity index (χ3n) is 4.89. The van der Waals surface area contributed by atoms with E-state index in [9.17, 15) is 9.59 Å². The molecular weight excluding hydrogens is 386 g/mol. The maximum atomic E-state index is 12.6. The molecule has 2 amide bonds. The number of hydrogen-bond donors (Lipinski definition) is 6. The van der Waals surface area contributed by atoms with E-state index in [0.717, 1.165) is 6.42 Å². The highest BCUT2D eigenvalue weighted by Gasteiger charge is 2.36. The lowest BCUT2D eigenvalue weighted by atomic mass is 9.93. The number of benzene rings is 1. The summed E-state index contributed by atoms with van der Waals surface area (Å²) in [5.41, 5.74) is 1.64. The van der Waals surface area contributed by atoms with Crippen LogP contribution >= 0.6 is 0 Å². The average Bonchev–Trinajstić information content (AvgIpc) is 3.51. The molecule has 0 aliphatic heterocycles. The molecule has 0 spiro atoms. The van der Waals surface area contributed by atoms with Gasteiger partial charge in [-0.25, -0.2) is 5.48 Å². The van der Waals surface area contributed by atoms with Crippen LogP contribution in [0.25, 0.3) is 0 Å². The number of β-amino-alcohol motifs (C(OH)–C–C–N with tert-alkyl or cyclic N) is 1. The van der Waals surface area contributed by atoms with Gasteiger partial charge in [0.2, 0.25) is 0 Å². The largest absolute Gasteiger partial charge is 0.396 e. The Morgan fingerprint density at radius 1 is 1.20 bits per heavy atom. The van der Waals surface area contributed by atoms with Crippen molar-refractivity contribution in [1.82, 2.24) is 16.1 Å². The minimum Gasteiger partial charge on any atom is -0.396 e. The Labute approximate surface area is 176 Å². The van der Waals surface area contributed by atoms with Gasteiger partial charge in [0, 0.05) is 35.7 Å². The molecule has 0 radical (unpaired) electrons. The molecule has 160 valence electrons. The van der Waals surface area contributed by atoms with Crippen molar-refractivity contribution in [3.8, 4) is 23.7 Å². The maximum Gasteiger partial charge on any atom is 0.267 e. The van der Waals surface area contributed by atoms with Crippen LogP contribution in [0.4, 0.5) is 0 Å². The minimum atomic E-state index is -1.08. The smallest absolute Gasteiger partial charge is 0.267 e. The molecule has 0 heterocycles. The molecule has 8 nitrogen and oxygen atoms in total. The fraction of sp³-hybridized carbons (Fsp3) is 0.455. The predicted molar refractivity (Wildman–Crippen MR) is 110 cm³/mol. The molecule has 0 saturated heterocycles. The third kappa shape index (κ3) is 6.58. The Balaban J connectivity index is 2.02. The lowest BCUT2D eigenvalue weighted by Crippen LogP contribution is -2.63. The molecular formula is C22H27N3O5. The van der Waals surface area contributed by atoms with Gasteiger partial charge >= 0.3 is 0 Å². The Kier molecular flexibility index (Phi) is 8.40. The van der Waals surface area contributed by atoms with Gasteiger partial charge in [-0.05, 0) is 62.3 Å². The second-order valence-corrected chi connectivity index (χ2v) is 7.64. The van der Waals surface area contributed by atoms with Crippen LogP contribution in [0.1, 0.15) is 36.2 Å². The lowest BCUT2D eigenvalue weighted by Gasteiger charge is -2.34. The number of rotatable bonds is 8. The van der Waals surface area contributed by atoms with Crippen LogP contribution in [0, 0.1) is 35.5 Å². The van der Waals surface area contributed by atoms with E-state index < -0.39 is 23.4 Å². The van der Waals surface area contributed by atoms with Crippen molar-refractivity contribution >= 4 is 11.8 Å². The summed E-state index contributed by atoms with van der Waals surface area (Å²) in [6.45, 7) is 3.59. The first-order chi connectivity index (χ1) is 14.3. The molecule has 8 heteroatoms. The van der Waals surface area contributed by atoms with Crippen molar-refractivity contribution in [3.05, 3.63) is 35.4 Å². The summed E-state index contributed by atoms with van der Waals surface area (Å²) in [6, 6.07) is 5.43. The number of carbonyl (C=O) groups is 2. The number of nitrogens with one attached hydrogen (secondary N) is 3. The molecule has 1 aliphatic carbocycles. The highest BCUT2D eigenvalue weighted by Crippen LogP contribution is 2.36. The van der Waals surface area contributed by atoms with Gasteiger partial charge in [0.1, 0.15) is 6.04 Å². The van der Waals surface area contributed by atoms with Gasteiger partial charge in [0.25, 0.3) is 11.8 Å². The monoisotopic (exact) mass is 413 g/mol. The summed E-state index contributed by atoms with van der Waals surface area (Å²) in [6.07, 6.45) is 0.913. The van der Waals surface area contributed by atoms with E-state index in [4.69, 9.17) is 15.4 Å². The summed E-state index contributed by atoms with van der Waals surface area (Å²) in [5, 5.41) is 32.5. The molecule has 30 heavy (non-hydrogen) atoms. The van der Waals surface area contributed by atoms with Gasteiger partial charge < -0.3 is 20.8 Å². The van der Waals surface area contributed by atoms with Gasteiger partial charge in [-0.1, -0.05) is 11.8 Å². The SMILES string of the molecule is CC(C)(NCCO)[C@H](NC(=O)c1ccc(C#CC#CC2CC2CO)cc1)C(=O)NO. The van der Waals surface area contributed by atoms with Gasteiger partial charge in [0.05, 0.1) is 6.61 Å². The average molecular weight is 413 g/mol. The number of carbonyl (C=O) groups excluding carboxylic acids is 2. The first-order valence-corrected chi connectivity index (χ1v) is 9.65. The van der Waals surface area contributed by atoms with Crippen molar-refractivity contribution in [1.29, 1.82) is 0 Å². The lowest BCUT2D eigenvalue weighted by molar-refractivity contribution is -0.133. The molecule has 6 N–H and O–H groups in total. The van der Waals surface area contributed by atoms with E-state index in [0.29, 0.717) is 11.1 Å². The summed E-state index contributed by atoms with van der Waals surface area (Å²) >= 11 is 0. The van der Waals surface area contributed by atoms with Crippen LogP contribution in [0.15, 0.2) is 24.3 Å². The highest BCUT2D eigenvalue weighted by atomic mass is 16.5. The van der Waals surface area contributed by atoms with Crippen LogP contribution in [0.5, 0.6) is 0 Å². The third-order valence-corrected chi connectivity index (χ3v) is 4.89. The quantitative estimate of drug-likeness (QED) is 0.196. The summed E-state index contributed by atoms with van der Waals surface area (Å²) in [7, 11) is 0. The Morgan fingerprint density at radius 2 is 1.90 bits per heavy atom. The fourth-order valence-corrected chi connectivity index (χ4v) is 2.90. The molecule has 1 fully saturated rings. The van der Waals surface area contributed by atoms with E-state index in [1.54, 1.807) is 43.6 Å². The van der Waals surface area contributed by atoms with Crippen molar-refractivity contribution in [2.45, 2.75) is 31.8 Å². The number of hydroxylamine groups is 1. The van der Waals surface area contributed by atoms with Crippen LogP contribution in [-0.2, 0) is 4.79 Å². The zero-order valence-electron chi connectivity index (χ0n) is 17.0. The molecule has 3 atom stereocenters. The van der Waals surface area contributed by atoms with Crippen LogP contribution in [-0.4, -0.2) is 58.6 Å². The van der Waals surface area contributed by atoms with E-state index >= 15 is 0 Å². The zero-order valence-corrected chi connectivity index (χ0v) is 17.0. The molecule has 0 aromatic heterocycles. The first-order valence-electron chi connectivity index (χ1n) is 9.65. The van der Waals surface area contributed by atoms with Crippen molar-refractivity contribution in [2.24, 2.45) is 11.8 Å². The summed E-state index contributed by atoms with van der Waals surface area (Å²) in [5.74, 6) is 10.7. The molecule has 2 rings (SSSR count). The number of hydrogen-bond acceptors (Lipinski definition) is 6. The van der Waals surface area contributed by atoms with Gasteiger partial charge in [0.15, 0.2) is 0 Å². The van der Waals surface area contributed by atoms with Crippen molar-refractivity contribution in [3.63, 3.8) is 0 Å². The summed E-state index contributed by atoms with van der Waals surface area (Å²) in [4.78, 5) is 24.6. The molecule has 1 aromatic rings. The topological polar surface area (TPSA) is 131 Å². The standard InChI is InChI=1S/C22H27N3O5/c1-22(2,23-11-12-26)19(21(29)25-30)24-20(28)16-9-7-15(8-10-16)5-3-4-6-17-13-18(17)14-27/h7-10,17-19,23,26-27,30H,11-14H2,1-2H3,(H,24,28)(H,25,29)/t17?,18?,19-/m1/s1. The fourth-order valence-electron chi connectivity index (χ4n) is 2.90. The Hall–Kier alpha value is -2.88. The molecule has 1 aromatic carbocycles. The van der Waals surface area contributed by atoms with E-state index in [1.807, 2.05) is 0 Å². The first kappa shape index (κ1) is 23.4. The zero-order chi connectivity index (χ0) is 22.1. The van der Waals surface area contributed by atoms with E-state index in [1.165, 1.54) is 0 Å². The normalized spacial score (nSPS) is 18.2. The Morgan fingerprint density at radius 3 is 2.47 bits per heavy atom. The van der Waals surface area contributed by atoms with Gasteiger partial charge in [-0.15, -0.1) is 0 Å². The number of aliphatic hydroxyl groups is 2. The number of aliphatic hydroxyl groups excluding tert-OH is 2.